The van der Waals surface area contributed by atoms with Crippen molar-refractivity contribution in [1.29, 1.82) is 0 Å². The van der Waals surface area contributed by atoms with E-state index < -0.39 is 5.67 Å². The fourth-order valence-electron chi connectivity index (χ4n) is 2.06. The number of halogens is 1. The molecule has 0 unspecified atom stereocenters. The monoisotopic (exact) mass is 213 g/mol. The molecule has 1 aliphatic rings. The summed E-state index contributed by atoms with van der Waals surface area (Å²) in [4.78, 5) is 1.19. The largest absolute Gasteiger partial charge is 0.328 e. The summed E-state index contributed by atoms with van der Waals surface area (Å²) >= 11 is 1.63. The molecule has 0 aliphatic heterocycles. The van der Waals surface area contributed by atoms with Gasteiger partial charge in [0.1, 0.15) is 5.67 Å². The van der Waals surface area contributed by atoms with E-state index in [1.807, 2.05) is 18.4 Å². The van der Waals surface area contributed by atoms with Gasteiger partial charge in [-0.1, -0.05) is 0 Å². The van der Waals surface area contributed by atoms with E-state index in [1.54, 1.807) is 11.3 Å². The first-order chi connectivity index (χ1) is 6.60. The molecule has 0 spiro atoms. The van der Waals surface area contributed by atoms with E-state index in [0.29, 0.717) is 12.8 Å². The van der Waals surface area contributed by atoms with Gasteiger partial charge in [-0.3, -0.25) is 0 Å². The summed E-state index contributed by atoms with van der Waals surface area (Å²) in [5.74, 6) is 0. The molecule has 14 heavy (non-hydrogen) atoms. The van der Waals surface area contributed by atoms with E-state index in [-0.39, 0.29) is 6.04 Å². The van der Waals surface area contributed by atoms with Crippen molar-refractivity contribution < 1.29 is 4.39 Å². The van der Waals surface area contributed by atoms with Crippen LogP contribution >= 0.6 is 11.3 Å². The van der Waals surface area contributed by atoms with E-state index in [0.717, 1.165) is 18.4 Å². The average Bonchev–Trinajstić information content (AvgIpc) is 2.58. The normalized spacial score (nSPS) is 33.2. The Morgan fingerprint density at radius 3 is 2.64 bits per heavy atom. The molecule has 0 radical (unpaired) electrons. The van der Waals surface area contributed by atoms with Gasteiger partial charge in [0.05, 0.1) is 0 Å². The van der Waals surface area contributed by atoms with Crippen molar-refractivity contribution in [2.75, 3.05) is 0 Å². The topological polar surface area (TPSA) is 26.0 Å². The van der Waals surface area contributed by atoms with Gasteiger partial charge >= 0.3 is 0 Å². The molecule has 0 aromatic carbocycles. The predicted molar refractivity (Wildman–Crippen MR) is 58.3 cm³/mol. The van der Waals surface area contributed by atoms with Gasteiger partial charge in [0.25, 0.3) is 0 Å². The maximum atomic E-state index is 14.4. The first-order valence-electron chi connectivity index (χ1n) is 5.10. The zero-order valence-corrected chi connectivity index (χ0v) is 9.24. The van der Waals surface area contributed by atoms with E-state index in [2.05, 4.69) is 0 Å². The van der Waals surface area contributed by atoms with E-state index in [4.69, 9.17) is 5.73 Å². The highest BCUT2D eigenvalue weighted by Gasteiger charge is 2.36. The first kappa shape index (κ1) is 10.1. The van der Waals surface area contributed by atoms with Crippen molar-refractivity contribution in [3.8, 4) is 0 Å². The van der Waals surface area contributed by atoms with Crippen LogP contribution in [0.25, 0.3) is 0 Å². The minimum atomic E-state index is -1.10. The number of alkyl halides is 1. The lowest BCUT2D eigenvalue weighted by molar-refractivity contribution is 0.0984. The molecule has 1 fully saturated rings. The Bertz CT molecular complexity index is 313. The third-order valence-corrected chi connectivity index (χ3v) is 3.93. The SMILES string of the molecule is Cc1cc(C2(F)CCC(N)CC2)cs1. The number of thiophene rings is 1. The summed E-state index contributed by atoms with van der Waals surface area (Å²) in [6, 6.07) is 2.18. The molecule has 2 N–H and O–H groups in total. The zero-order chi connectivity index (χ0) is 10.2. The van der Waals surface area contributed by atoms with Crippen LogP contribution in [-0.4, -0.2) is 6.04 Å². The summed E-state index contributed by atoms with van der Waals surface area (Å²) in [6.07, 6.45) is 2.80. The molecule has 0 amide bonds. The summed E-state index contributed by atoms with van der Waals surface area (Å²) in [5.41, 5.74) is 5.55. The van der Waals surface area contributed by atoms with Gasteiger partial charge in [-0.15, -0.1) is 11.3 Å². The average molecular weight is 213 g/mol. The van der Waals surface area contributed by atoms with Crippen LogP contribution in [0.3, 0.4) is 0 Å². The lowest BCUT2D eigenvalue weighted by Gasteiger charge is -2.32. The van der Waals surface area contributed by atoms with Crippen LogP contribution in [-0.2, 0) is 5.67 Å². The second-order valence-electron chi connectivity index (χ2n) is 4.25. The van der Waals surface area contributed by atoms with Gasteiger partial charge in [-0.05, 0) is 49.6 Å². The molecule has 3 heteroatoms. The van der Waals surface area contributed by atoms with Crippen molar-refractivity contribution in [1.82, 2.24) is 0 Å². The molecule has 1 nitrogen and oxygen atoms in total. The maximum absolute atomic E-state index is 14.4. The van der Waals surface area contributed by atoms with Crippen LogP contribution in [0.15, 0.2) is 11.4 Å². The maximum Gasteiger partial charge on any atom is 0.136 e. The highest BCUT2D eigenvalue weighted by atomic mass is 32.1. The standard InChI is InChI=1S/C11H16FNS/c1-8-6-9(7-14-8)11(12)4-2-10(13)3-5-11/h6-7,10H,2-5,13H2,1H3. The van der Waals surface area contributed by atoms with E-state index >= 15 is 0 Å². The molecule has 0 atom stereocenters. The van der Waals surface area contributed by atoms with Gasteiger partial charge in [-0.25, -0.2) is 4.39 Å². The number of hydrogen-bond acceptors (Lipinski definition) is 2. The fourth-order valence-corrected chi connectivity index (χ4v) is 2.85. The Labute approximate surface area is 88.1 Å². The van der Waals surface area contributed by atoms with E-state index in [1.165, 1.54) is 4.88 Å². The second-order valence-corrected chi connectivity index (χ2v) is 5.36. The zero-order valence-electron chi connectivity index (χ0n) is 8.42. The van der Waals surface area contributed by atoms with Crippen molar-refractivity contribution in [2.24, 2.45) is 5.73 Å². The third kappa shape index (κ3) is 1.84. The molecule has 1 aromatic heterocycles. The Hall–Kier alpha value is -0.410. The molecule has 1 aromatic rings. The molecule has 0 saturated heterocycles. The van der Waals surface area contributed by atoms with Crippen LogP contribution in [0, 0.1) is 6.92 Å². The smallest absolute Gasteiger partial charge is 0.136 e. The summed E-state index contributed by atoms with van der Waals surface area (Å²) in [7, 11) is 0. The van der Waals surface area contributed by atoms with Crippen LogP contribution in [0.4, 0.5) is 4.39 Å². The Balaban J connectivity index is 2.16. The number of aryl methyl sites for hydroxylation is 1. The van der Waals surface area contributed by atoms with Gasteiger partial charge in [-0.2, -0.15) is 0 Å². The molecular weight excluding hydrogens is 197 g/mol. The van der Waals surface area contributed by atoms with E-state index in [9.17, 15) is 4.39 Å². The molecule has 2 rings (SSSR count). The summed E-state index contributed by atoms with van der Waals surface area (Å²) < 4.78 is 14.4. The van der Waals surface area contributed by atoms with Crippen molar-refractivity contribution in [2.45, 2.75) is 44.3 Å². The van der Waals surface area contributed by atoms with Crippen molar-refractivity contribution in [3.63, 3.8) is 0 Å². The lowest BCUT2D eigenvalue weighted by atomic mass is 9.80. The minimum Gasteiger partial charge on any atom is -0.328 e. The first-order valence-corrected chi connectivity index (χ1v) is 5.98. The highest BCUT2D eigenvalue weighted by Crippen LogP contribution is 2.41. The number of nitrogens with two attached hydrogens (primary N) is 1. The summed E-state index contributed by atoms with van der Waals surface area (Å²) in [6.45, 7) is 2.02. The highest BCUT2D eigenvalue weighted by molar-refractivity contribution is 7.10. The van der Waals surface area contributed by atoms with Crippen LogP contribution in [0.1, 0.15) is 36.1 Å². The molecule has 1 saturated carbocycles. The minimum absolute atomic E-state index is 0.207. The molecular formula is C11H16FNS. The van der Waals surface area contributed by atoms with Crippen molar-refractivity contribution in [3.05, 3.63) is 21.9 Å². The Kier molecular flexibility index (Phi) is 2.62. The lowest BCUT2D eigenvalue weighted by Crippen LogP contribution is -2.33. The fraction of sp³-hybridized carbons (Fsp3) is 0.636. The van der Waals surface area contributed by atoms with Crippen LogP contribution in [0.2, 0.25) is 0 Å². The summed E-state index contributed by atoms with van der Waals surface area (Å²) in [5, 5.41) is 1.95. The van der Waals surface area contributed by atoms with Gasteiger partial charge in [0.15, 0.2) is 0 Å². The Morgan fingerprint density at radius 1 is 1.50 bits per heavy atom. The van der Waals surface area contributed by atoms with Gasteiger partial charge < -0.3 is 5.73 Å². The van der Waals surface area contributed by atoms with Gasteiger partial charge in [0, 0.05) is 10.9 Å². The quantitative estimate of drug-likeness (QED) is 0.762. The van der Waals surface area contributed by atoms with Crippen LogP contribution < -0.4 is 5.73 Å². The second kappa shape index (κ2) is 3.63. The Morgan fingerprint density at radius 2 is 2.14 bits per heavy atom. The van der Waals surface area contributed by atoms with Gasteiger partial charge in [0.2, 0.25) is 0 Å². The molecule has 78 valence electrons. The van der Waals surface area contributed by atoms with Crippen molar-refractivity contribution >= 4 is 11.3 Å². The third-order valence-electron chi connectivity index (χ3n) is 3.07. The number of hydrogen-bond donors (Lipinski definition) is 1. The molecule has 1 heterocycles. The molecule has 1 aliphatic carbocycles. The predicted octanol–water partition coefficient (Wildman–Crippen LogP) is 3.12. The van der Waals surface area contributed by atoms with Crippen LogP contribution in [0.5, 0.6) is 0 Å². The number of rotatable bonds is 1. The molecule has 0 bridgehead atoms.